The highest BCUT2D eigenvalue weighted by molar-refractivity contribution is 5.77. The Bertz CT molecular complexity index is 663. The molecule has 2 heterocycles. The van der Waals surface area contributed by atoms with Gasteiger partial charge in [-0.2, -0.15) is 13.2 Å². The first-order valence-corrected chi connectivity index (χ1v) is 10.00. The Labute approximate surface area is 164 Å². The van der Waals surface area contributed by atoms with E-state index in [1.54, 1.807) is 13.0 Å². The molecule has 0 spiro atoms. The zero-order valence-electron chi connectivity index (χ0n) is 16.3. The van der Waals surface area contributed by atoms with Crippen LogP contribution in [0.15, 0.2) is 24.3 Å². The first kappa shape index (κ1) is 21.1. The summed E-state index contributed by atoms with van der Waals surface area (Å²) >= 11 is 0. The minimum atomic E-state index is -4.44. The van der Waals surface area contributed by atoms with Gasteiger partial charge in [-0.05, 0) is 63.7 Å². The SMILES string of the molecule is CCOC(=O)C1(Cc2ccccc2C(F)(F)F)CCN(C2CCOCC2)CC1. The molecule has 2 aliphatic rings. The second kappa shape index (κ2) is 8.82. The van der Waals surface area contributed by atoms with Crippen LogP contribution in [0.5, 0.6) is 0 Å². The normalized spacial score (nSPS) is 21.4. The van der Waals surface area contributed by atoms with Crippen molar-refractivity contribution >= 4 is 5.97 Å². The molecule has 0 atom stereocenters. The van der Waals surface area contributed by atoms with E-state index in [0.29, 0.717) is 32.0 Å². The van der Waals surface area contributed by atoms with Gasteiger partial charge in [-0.3, -0.25) is 4.79 Å². The molecule has 0 radical (unpaired) electrons. The summed E-state index contributed by atoms with van der Waals surface area (Å²) in [4.78, 5) is 15.2. The van der Waals surface area contributed by atoms with E-state index < -0.39 is 17.2 Å². The van der Waals surface area contributed by atoms with E-state index in [2.05, 4.69) is 4.90 Å². The molecule has 3 rings (SSSR count). The summed E-state index contributed by atoms with van der Waals surface area (Å²) < 4.78 is 51.1. The number of benzene rings is 1. The Hall–Kier alpha value is -1.60. The maximum atomic E-state index is 13.4. The van der Waals surface area contributed by atoms with Gasteiger partial charge in [0.15, 0.2) is 0 Å². The molecule has 0 aromatic heterocycles. The average Bonchev–Trinajstić information content (AvgIpc) is 2.69. The van der Waals surface area contributed by atoms with Crippen LogP contribution >= 0.6 is 0 Å². The zero-order valence-corrected chi connectivity index (χ0v) is 16.3. The van der Waals surface area contributed by atoms with Crippen LogP contribution in [-0.2, 0) is 26.9 Å². The van der Waals surface area contributed by atoms with Crippen molar-refractivity contribution < 1.29 is 27.4 Å². The molecular formula is C21H28F3NO3. The molecule has 0 saturated carbocycles. The van der Waals surface area contributed by atoms with Crippen LogP contribution in [0.4, 0.5) is 13.2 Å². The second-order valence-corrected chi connectivity index (χ2v) is 7.71. The topological polar surface area (TPSA) is 38.8 Å². The molecule has 28 heavy (non-hydrogen) atoms. The molecule has 2 fully saturated rings. The van der Waals surface area contributed by atoms with Crippen molar-refractivity contribution in [2.45, 2.75) is 51.2 Å². The summed E-state index contributed by atoms with van der Waals surface area (Å²) in [6.07, 6.45) is -1.43. The van der Waals surface area contributed by atoms with E-state index in [4.69, 9.17) is 9.47 Å². The molecule has 156 valence electrons. The number of piperidine rings is 1. The first-order chi connectivity index (χ1) is 13.4. The van der Waals surface area contributed by atoms with Crippen molar-refractivity contribution in [2.24, 2.45) is 5.41 Å². The first-order valence-electron chi connectivity index (χ1n) is 10.00. The fourth-order valence-corrected chi connectivity index (χ4v) is 4.42. The quantitative estimate of drug-likeness (QED) is 0.700. The Morgan fingerprint density at radius 2 is 1.86 bits per heavy atom. The van der Waals surface area contributed by atoms with Gasteiger partial charge in [-0.25, -0.2) is 0 Å². The molecule has 0 N–H and O–H groups in total. The second-order valence-electron chi connectivity index (χ2n) is 7.71. The third-order valence-corrected chi connectivity index (χ3v) is 6.02. The third kappa shape index (κ3) is 4.69. The number of halogens is 3. The number of likely N-dealkylation sites (tertiary alicyclic amines) is 1. The predicted molar refractivity (Wildman–Crippen MR) is 98.9 cm³/mol. The van der Waals surface area contributed by atoms with Crippen LogP contribution < -0.4 is 0 Å². The van der Waals surface area contributed by atoms with E-state index in [9.17, 15) is 18.0 Å². The van der Waals surface area contributed by atoms with Crippen molar-refractivity contribution in [2.75, 3.05) is 32.9 Å². The Morgan fingerprint density at radius 3 is 2.46 bits per heavy atom. The number of hydrogen-bond donors (Lipinski definition) is 0. The van der Waals surface area contributed by atoms with Gasteiger partial charge in [0.2, 0.25) is 0 Å². The molecule has 2 saturated heterocycles. The lowest BCUT2D eigenvalue weighted by Gasteiger charge is -2.44. The maximum absolute atomic E-state index is 13.4. The van der Waals surface area contributed by atoms with Crippen LogP contribution in [0.2, 0.25) is 0 Å². The van der Waals surface area contributed by atoms with Crippen molar-refractivity contribution in [1.82, 2.24) is 4.90 Å². The number of esters is 1. The minimum Gasteiger partial charge on any atom is -0.466 e. The highest BCUT2D eigenvalue weighted by Gasteiger charge is 2.45. The predicted octanol–water partition coefficient (Wildman–Crippen LogP) is 4.07. The number of nitrogens with zero attached hydrogens (tertiary/aromatic N) is 1. The molecule has 1 aromatic rings. The van der Waals surface area contributed by atoms with Crippen molar-refractivity contribution in [3.05, 3.63) is 35.4 Å². The van der Waals surface area contributed by atoms with E-state index in [0.717, 1.165) is 32.1 Å². The highest BCUT2D eigenvalue weighted by Crippen LogP contribution is 2.41. The van der Waals surface area contributed by atoms with Gasteiger partial charge in [0.05, 0.1) is 17.6 Å². The molecule has 2 aliphatic heterocycles. The molecule has 0 amide bonds. The third-order valence-electron chi connectivity index (χ3n) is 6.02. The van der Waals surface area contributed by atoms with Crippen LogP contribution in [0.1, 0.15) is 43.7 Å². The smallest absolute Gasteiger partial charge is 0.416 e. The Morgan fingerprint density at radius 1 is 1.21 bits per heavy atom. The van der Waals surface area contributed by atoms with Gasteiger partial charge in [0, 0.05) is 19.3 Å². The summed E-state index contributed by atoms with van der Waals surface area (Å²) in [6, 6.07) is 5.98. The lowest BCUT2D eigenvalue weighted by molar-refractivity contribution is -0.160. The molecule has 4 nitrogen and oxygen atoms in total. The molecular weight excluding hydrogens is 371 g/mol. The van der Waals surface area contributed by atoms with Crippen LogP contribution in [0, 0.1) is 5.41 Å². The summed E-state index contributed by atoms with van der Waals surface area (Å²) in [5, 5.41) is 0. The largest absolute Gasteiger partial charge is 0.466 e. The summed E-state index contributed by atoms with van der Waals surface area (Å²) in [5.41, 5.74) is -1.40. The van der Waals surface area contributed by atoms with Crippen LogP contribution in [0.3, 0.4) is 0 Å². The van der Waals surface area contributed by atoms with Crippen molar-refractivity contribution in [3.63, 3.8) is 0 Å². The van der Waals surface area contributed by atoms with Crippen LogP contribution in [-0.4, -0.2) is 49.8 Å². The fraction of sp³-hybridized carbons (Fsp3) is 0.667. The van der Waals surface area contributed by atoms with E-state index in [1.165, 1.54) is 12.1 Å². The Balaban J connectivity index is 1.80. The standard InChI is InChI=1S/C21H28F3NO3/c1-2-28-19(26)20(15-16-5-3-4-6-18(16)21(22,23)24)9-11-25(12-10-20)17-7-13-27-14-8-17/h3-6,17H,2,7-15H2,1H3. The zero-order chi connectivity index (χ0) is 20.2. The minimum absolute atomic E-state index is 0.0587. The van der Waals surface area contributed by atoms with Gasteiger partial charge < -0.3 is 14.4 Å². The highest BCUT2D eigenvalue weighted by atomic mass is 19.4. The van der Waals surface area contributed by atoms with Crippen molar-refractivity contribution in [3.8, 4) is 0 Å². The number of hydrogen-bond acceptors (Lipinski definition) is 4. The molecule has 0 bridgehead atoms. The van der Waals surface area contributed by atoms with Gasteiger partial charge in [-0.1, -0.05) is 18.2 Å². The Kier molecular flexibility index (Phi) is 6.65. The average molecular weight is 399 g/mol. The molecule has 0 unspecified atom stereocenters. The molecule has 7 heteroatoms. The van der Waals surface area contributed by atoms with E-state index >= 15 is 0 Å². The monoisotopic (exact) mass is 399 g/mol. The number of ether oxygens (including phenoxy) is 2. The van der Waals surface area contributed by atoms with Crippen molar-refractivity contribution in [1.29, 1.82) is 0 Å². The van der Waals surface area contributed by atoms with Gasteiger partial charge in [0.1, 0.15) is 0 Å². The van der Waals surface area contributed by atoms with Gasteiger partial charge in [0.25, 0.3) is 0 Å². The maximum Gasteiger partial charge on any atom is 0.416 e. The van der Waals surface area contributed by atoms with Gasteiger partial charge >= 0.3 is 12.1 Å². The van der Waals surface area contributed by atoms with Gasteiger partial charge in [-0.15, -0.1) is 0 Å². The number of carbonyl (C=O) groups excluding carboxylic acids is 1. The molecule has 1 aromatic carbocycles. The number of rotatable bonds is 5. The lowest BCUT2D eigenvalue weighted by Crippen LogP contribution is -2.50. The van der Waals surface area contributed by atoms with E-state index in [1.807, 2.05) is 0 Å². The fourth-order valence-electron chi connectivity index (χ4n) is 4.42. The number of carbonyl (C=O) groups is 1. The summed E-state index contributed by atoms with van der Waals surface area (Å²) in [7, 11) is 0. The summed E-state index contributed by atoms with van der Waals surface area (Å²) in [5.74, 6) is -0.376. The van der Waals surface area contributed by atoms with E-state index in [-0.39, 0.29) is 24.6 Å². The summed E-state index contributed by atoms with van der Waals surface area (Å²) in [6.45, 7) is 4.82. The lowest BCUT2D eigenvalue weighted by atomic mass is 9.72. The number of alkyl halides is 3. The molecule has 0 aliphatic carbocycles. The van der Waals surface area contributed by atoms with Crippen LogP contribution in [0.25, 0.3) is 0 Å².